The maximum absolute atomic E-state index is 3.97. The van der Waals surface area contributed by atoms with Crippen LogP contribution in [0.15, 0.2) is 18.2 Å². The third-order valence-corrected chi connectivity index (χ3v) is 7.28. The normalized spacial score (nSPS) is 35.1. The number of fused-ring (bicyclic) bond motifs is 2. The maximum atomic E-state index is 3.97. The number of nitrogens with one attached hydrogen (secondary N) is 1. The lowest BCUT2D eigenvalue weighted by Crippen LogP contribution is -2.45. The van der Waals surface area contributed by atoms with E-state index in [0.717, 1.165) is 5.92 Å². The molecule has 2 aliphatic carbocycles. The Hall–Kier alpha value is -0.820. The molecule has 3 rings (SSSR count). The monoisotopic (exact) mass is 285 g/mol. The van der Waals surface area contributed by atoms with E-state index in [-0.39, 0.29) is 0 Å². The second-order valence-corrected chi connectivity index (χ2v) is 8.40. The minimum atomic E-state index is 0.446. The number of hydrogen-bond donors (Lipinski definition) is 1. The fraction of sp³-hybridized carbons (Fsp3) is 0.700. The van der Waals surface area contributed by atoms with E-state index in [1.807, 2.05) is 0 Å². The van der Waals surface area contributed by atoms with Gasteiger partial charge in [-0.1, -0.05) is 39.0 Å². The Morgan fingerprint density at radius 1 is 1.14 bits per heavy atom. The molecule has 1 nitrogen and oxygen atoms in total. The van der Waals surface area contributed by atoms with Crippen molar-refractivity contribution in [2.24, 2.45) is 16.7 Å². The molecule has 0 aliphatic heterocycles. The third-order valence-electron chi connectivity index (χ3n) is 7.28. The molecule has 0 amide bonds. The summed E-state index contributed by atoms with van der Waals surface area (Å²) in [7, 11) is 0. The van der Waals surface area contributed by atoms with Crippen molar-refractivity contribution in [1.29, 1.82) is 0 Å². The highest BCUT2D eigenvalue weighted by Gasteiger charge is 2.61. The van der Waals surface area contributed by atoms with Crippen LogP contribution in [0.5, 0.6) is 0 Å². The second kappa shape index (κ2) is 4.84. The van der Waals surface area contributed by atoms with Gasteiger partial charge in [-0.05, 0) is 73.5 Å². The van der Waals surface area contributed by atoms with Gasteiger partial charge in [0.2, 0.25) is 0 Å². The average molecular weight is 285 g/mol. The van der Waals surface area contributed by atoms with Crippen LogP contribution in [0.1, 0.15) is 69.7 Å². The van der Waals surface area contributed by atoms with Gasteiger partial charge in [0, 0.05) is 12.1 Å². The molecule has 1 aromatic rings. The molecule has 4 unspecified atom stereocenters. The summed E-state index contributed by atoms with van der Waals surface area (Å²) in [4.78, 5) is 0. The van der Waals surface area contributed by atoms with E-state index in [1.54, 1.807) is 0 Å². The van der Waals surface area contributed by atoms with Crippen molar-refractivity contribution in [2.75, 3.05) is 0 Å². The van der Waals surface area contributed by atoms with Gasteiger partial charge < -0.3 is 5.32 Å². The number of hydrogen-bond acceptors (Lipinski definition) is 1. The first-order valence-electron chi connectivity index (χ1n) is 8.59. The van der Waals surface area contributed by atoms with Crippen molar-refractivity contribution in [2.45, 2.75) is 72.9 Å². The summed E-state index contributed by atoms with van der Waals surface area (Å²) >= 11 is 0. The zero-order valence-electron chi connectivity index (χ0n) is 14.6. The summed E-state index contributed by atoms with van der Waals surface area (Å²) in [5.41, 5.74) is 5.18. The fourth-order valence-corrected chi connectivity index (χ4v) is 4.89. The molecular weight excluding hydrogens is 254 g/mol. The van der Waals surface area contributed by atoms with Crippen molar-refractivity contribution in [1.82, 2.24) is 5.32 Å². The van der Waals surface area contributed by atoms with Gasteiger partial charge in [-0.3, -0.25) is 0 Å². The van der Waals surface area contributed by atoms with Gasteiger partial charge in [-0.25, -0.2) is 0 Å². The van der Waals surface area contributed by atoms with Crippen molar-refractivity contribution >= 4 is 0 Å². The van der Waals surface area contributed by atoms with Crippen LogP contribution in [0.25, 0.3) is 0 Å². The van der Waals surface area contributed by atoms with E-state index < -0.39 is 0 Å². The average Bonchev–Trinajstić information content (AvgIpc) is 2.75. The predicted octanol–water partition coefficient (Wildman–Crippen LogP) is 5.17. The van der Waals surface area contributed by atoms with E-state index in [0.29, 0.717) is 22.9 Å². The van der Waals surface area contributed by atoms with Crippen molar-refractivity contribution in [3.63, 3.8) is 0 Å². The molecule has 0 spiro atoms. The first kappa shape index (κ1) is 15.1. The highest BCUT2D eigenvalue weighted by Crippen LogP contribution is 2.65. The molecular formula is C20H31N. The molecule has 0 saturated heterocycles. The summed E-state index contributed by atoms with van der Waals surface area (Å²) < 4.78 is 0. The lowest BCUT2D eigenvalue weighted by molar-refractivity contribution is 0.116. The fourth-order valence-electron chi connectivity index (χ4n) is 4.89. The lowest BCUT2D eigenvalue weighted by atomic mass is 9.69. The van der Waals surface area contributed by atoms with Gasteiger partial charge in [-0.2, -0.15) is 0 Å². The van der Waals surface area contributed by atoms with Crippen LogP contribution in [0.3, 0.4) is 0 Å². The van der Waals surface area contributed by atoms with E-state index in [1.165, 1.54) is 36.0 Å². The Labute approximate surface area is 130 Å². The molecule has 116 valence electrons. The first-order chi connectivity index (χ1) is 9.75. The molecule has 2 aliphatic rings. The molecule has 1 N–H and O–H groups in total. The lowest BCUT2D eigenvalue weighted by Gasteiger charge is -2.41. The van der Waals surface area contributed by atoms with Gasteiger partial charge >= 0.3 is 0 Å². The first-order valence-corrected chi connectivity index (χ1v) is 8.59. The minimum Gasteiger partial charge on any atom is -0.307 e. The molecule has 21 heavy (non-hydrogen) atoms. The molecule has 0 heterocycles. The molecule has 2 saturated carbocycles. The van der Waals surface area contributed by atoms with Gasteiger partial charge in [0.1, 0.15) is 0 Å². The minimum absolute atomic E-state index is 0.446. The quantitative estimate of drug-likeness (QED) is 0.808. The molecule has 1 heteroatoms. The topological polar surface area (TPSA) is 12.0 Å². The Balaban J connectivity index is 1.77. The van der Waals surface area contributed by atoms with Gasteiger partial charge in [0.05, 0.1) is 0 Å². The van der Waals surface area contributed by atoms with Gasteiger partial charge in [0.25, 0.3) is 0 Å². The summed E-state index contributed by atoms with van der Waals surface area (Å²) in [6.07, 6.45) is 4.18. The molecule has 0 aromatic heterocycles. The maximum Gasteiger partial charge on any atom is 0.0294 e. The number of benzene rings is 1. The zero-order chi connectivity index (χ0) is 15.4. The van der Waals surface area contributed by atoms with Crippen LogP contribution < -0.4 is 5.32 Å². The summed E-state index contributed by atoms with van der Waals surface area (Å²) in [5.74, 6) is 0.909. The zero-order valence-corrected chi connectivity index (χ0v) is 14.6. The Morgan fingerprint density at radius 2 is 1.86 bits per heavy atom. The number of aryl methyl sites for hydroxylation is 2. The third kappa shape index (κ3) is 2.16. The largest absolute Gasteiger partial charge is 0.307 e. The molecule has 4 atom stereocenters. The highest BCUT2D eigenvalue weighted by atomic mass is 15.0. The van der Waals surface area contributed by atoms with Gasteiger partial charge in [-0.15, -0.1) is 0 Å². The number of rotatable bonds is 3. The summed E-state index contributed by atoms with van der Waals surface area (Å²) in [6.45, 7) is 14.2. The molecule has 2 fully saturated rings. The van der Waals surface area contributed by atoms with Crippen LogP contribution in [-0.4, -0.2) is 6.04 Å². The second-order valence-electron chi connectivity index (χ2n) is 8.40. The van der Waals surface area contributed by atoms with E-state index >= 15 is 0 Å². The van der Waals surface area contributed by atoms with Crippen molar-refractivity contribution < 1.29 is 0 Å². The van der Waals surface area contributed by atoms with Crippen LogP contribution in [0.2, 0.25) is 0 Å². The van der Waals surface area contributed by atoms with Crippen LogP contribution >= 0.6 is 0 Å². The molecule has 0 radical (unpaired) electrons. The Bertz CT molecular complexity index is 545. The Morgan fingerprint density at radius 3 is 2.38 bits per heavy atom. The van der Waals surface area contributed by atoms with Crippen LogP contribution in [0.4, 0.5) is 0 Å². The van der Waals surface area contributed by atoms with Crippen LogP contribution in [0, 0.1) is 30.6 Å². The van der Waals surface area contributed by atoms with Crippen molar-refractivity contribution in [3.8, 4) is 0 Å². The summed E-state index contributed by atoms with van der Waals surface area (Å²) in [5, 5.41) is 3.97. The molecule has 2 bridgehead atoms. The van der Waals surface area contributed by atoms with E-state index in [2.05, 4.69) is 65.1 Å². The smallest absolute Gasteiger partial charge is 0.0294 e. The highest BCUT2D eigenvalue weighted by molar-refractivity contribution is 5.31. The van der Waals surface area contributed by atoms with Crippen molar-refractivity contribution in [3.05, 3.63) is 34.9 Å². The van der Waals surface area contributed by atoms with E-state index in [4.69, 9.17) is 0 Å². The predicted molar refractivity (Wildman–Crippen MR) is 90.5 cm³/mol. The Kier molecular flexibility index (Phi) is 3.48. The SMILES string of the molecule is Cc1ccc(C(C)NC2CC3CCC2(C)C3(C)C)cc1C. The summed E-state index contributed by atoms with van der Waals surface area (Å²) in [6, 6.07) is 8.02. The molecule has 1 aromatic carbocycles. The van der Waals surface area contributed by atoms with Crippen LogP contribution in [-0.2, 0) is 0 Å². The standard InChI is InChI=1S/C20H31N/c1-13-7-8-16(11-14(13)2)15(3)21-18-12-17-9-10-20(18,6)19(17,4)5/h7-8,11,15,17-18,21H,9-10,12H2,1-6H3. The van der Waals surface area contributed by atoms with E-state index in [9.17, 15) is 0 Å². The van der Waals surface area contributed by atoms with Gasteiger partial charge in [0.15, 0.2) is 0 Å².